The maximum Gasteiger partial charge on any atom is 0.400 e. The average molecular weight is 202 g/mol. The van der Waals surface area contributed by atoms with Gasteiger partial charge in [0.15, 0.2) is 6.67 Å². The van der Waals surface area contributed by atoms with E-state index in [-0.39, 0.29) is 11.9 Å². The first-order valence-electron chi connectivity index (χ1n) is 3.17. The summed E-state index contributed by atoms with van der Waals surface area (Å²) in [4.78, 5) is 0. The van der Waals surface area contributed by atoms with E-state index in [2.05, 4.69) is 10.4 Å². The van der Waals surface area contributed by atoms with E-state index in [0.717, 1.165) is 0 Å². The molecule has 5 nitrogen and oxygen atoms in total. The molecule has 76 valence electrons. The highest BCUT2D eigenvalue weighted by molar-refractivity contribution is 4.78. The van der Waals surface area contributed by atoms with Gasteiger partial charge in [-0.1, -0.05) is 9.71 Å². The molecule has 1 heterocycles. The van der Waals surface area contributed by atoms with E-state index in [0.29, 0.717) is 0 Å². The summed E-state index contributed by atoms with van der Waals surface area (Å²) in [6, 6.07) is -4.32. The van der Waals surface area contributed by atoms with E-state index >= 15 is 0 Å². The van der Waals surface area contributed by atoms with Gasteiger partial charge in [-0.15, -0.1) is 0 Å². The maximum atomic E-state index is 12.8. The Morgan fingerprint density at radius 2 is 1.85 bits per heavy atom. The summed E-state index contributed by atoms with van der Waals surface area (Å²) in [7, 11) is 0. The fraction of sp³-hybridized carbons (Fsp3) is 1.00. The predicted molar refractivity (Wildman–Crippen MR) is 31.2 cm³/mol. The van der Waals surface area contributed by atoms with Crippen molar-refractivity contribution < 1.29 is 22.8 Å². The zero-order valence-corrected chi connectivity index (χ0v) is 6.46. The van der Waals surface area contributed by atoms with E-state index in [1.54, 1.807) is 0 Å². The number of nitrogens with zero attached hydrogens (tertiary/aromatic N) is 4. The molecule has 0 saturated carbocycles. The van der Waals surface area contributed by atoms with Crippen LogP contribution in [0.15, 0.2) is 10.4 Å². The number of rotatable bonds is 2. The van der Waals surface area contributed by atoms with Crippen LogP contribution in [0.2, 0.25) is 0 Å². The molecule has 0 aliphatic carbocycles. The Labute approximate surface area is 70.1 Å². The van der Waals surface area contributed by atoms with Gasteiger partial charge in [-0.2, -0.15) is 13.8 Å². The van der Waals surface area contributed by atoms with Gasteiger partial charge in [0.2, 0.25) is 0 Å². The standard InChI is InChI=1S/C4H6F4N4O/c1-3(5,13)4(6,7)11-2-12(8)10-9-11/h13H,2H2,1H3. The van der Waals surface area contributed by atoms with Crippen LogP contribution < -0.4 is 0 Å². The molecular weight excluding hydrogens is 196 g/mol. The van der Waals surface area contributed by atoms with E-state index in [1.165, 1.54) is 0 Å². The van der Waals surface area contributed by atoms with Crippen molar-refractivity contribution in [3.63, 3.8) is 0 Å². The molecule has 0 bridgehead atoms. The fourth-order valence-corrected chi connectivity index (χ4v) is 0.639. The molecule has 1 rings (SSSR count). The van der Waals surface area contributed by atoms with Gasteiger partial charge < -0.3 is 5.11 Å². The van der Waals surface area contributed by atoms with Crippen molar-refractivity contribution in [2.24, 2.45) is 10.4 Å². The van der Waals surface area contributed by atoms with Gasteiger partial charge in [-0.05, 0) is 10.4 Å². The van der Waals surface area contributed by atoms with Crippen molar-refractivity contribution in [1.29, 1.82) is 0 Å². The minimum atomic E-state index is -4.32. The number of halogens is 4. The number of hydrogen-bond acceptors (Lipinski definition) is 5. The lowest BCUT2D eigenvalue weighted by Crippen LogP contribution is -2.53. The summed E-state index contributed by atoms with van der Waals surface area (Å²) in [5.41, 5.74) is 0. The first-order chi connectivity index (χ1) is 5.75. The second-order valence-corrected chi connectivity index (χ2v) is 2.55. The molecule has 13 heavy (non-hydrogen) atoms. The van der Waals surface area contributed by atoms with Crippen molar-refractivity contribution in [1.82, 2.24) is 10.2 Å². The number of alkyl halides is 3. The highest BCUT2D eigenvalue weighted by Gasteiger charge is 2.57. The predicted octanol–water partition coefficient (Wildman–Crippen LogP) is 0.999. The molecule has 0 radical (unpaired) electrons. The van der Waals surface area contributed by atoms with E-state index < -0.39 is 23.8 Å². The quantitative estimate of drug-likeness (QED) is 0.413. The van der Waals surface area contributed by atoms with E-state index in [9.17, 15) is 17.7 Å². The third-order valence-corrected chi connectivity index (χ3v) is 1.37. The molecule has 0 aromatic heterocycles. The second kappa shape index (κ2) is 2.69. The lowest BCUT2D eigenvalue weighted by atomic mass is 10.3. The van der Waals surface area contributed by atoms with Crippen LogP contribution in [0.5, 0.6) is 0 Å². The van der Waals surface area contributed by atoms with Gasteiger partial charge in [0.25, 0.3) is 5.85 Å². The summed E-state index contributed by atoms with van der Waals surface area (Å²) in [5.74, 6) is -3.81. The summed E-state index contributed by atoms with van der Waals surface area (Å²) in [6.45, 7) is -0.795. The van der Waals surface area contributed by atoms with Crippen LogP contribution in [0.4, 0.5) is 17.7 Å². The Bertz CT molecular complexity index is 227. The Balaban J connectivity index is 2.77. The van der Waals surface area contributed by atoms with Crippen molar-refractivity contribution >= 4 is 0 Å². The molecular formula is C4H6F4N4O. The van der Waals surface area contributed by atoms with E-state index in [1.807, 2.05) is 0 Å². The number of hydrogen-bond donors (Lipinski definition) is 1. The lowest BCUT2D eigenvalue weighted by molar-refractivity contribution is -0.312. The minimum absolute atomic E-state index is 0.239. The highest BCUT2D eigenvalue weighted by Crippen LogP contribution is 2.35. The van der Waals surface area contributed by atoms with Crippen LogP contribution in [0.1, 0.15) is 6.92 Å². The third kappa shape index (κ3) is 1.64. The first-order valence-corrected chi connectivity index (χ1v) is 3.17. The Morgan fingerprint density at radius 3 is 2.15 bits per heavy atom. The summed E-state index contributed by atoms with van der Waals surface area (Å²) in [5, 5.41) is 12.8. The summed E-state index contributed by atoms with van der Waals surface area (Å²) < 4.78 is 50.1. The van der Waals surface area contributed by atoms with Gasteiger partial charge in [-0.3, -0.25) is 0 Å². The summed E-state index contributed by atoms with van der Waals surface area (Å²) in [6.07, 6.45) is 0. The van der Waals surface area contributed by atoms with Crippen molar-refractivity contribution in [3.05, 3.63) is 0 Å². The molecule has 1 N–H and O–H groups in total. The second-order valence-electron chi connectivity index (χ2n) is 2.55. The van der Waals surface area contributed by atoms with Crippen LogP contribution in [0.3, 0.4) is 0 Å². The molecule has 0 amide bonds. The zero-order chi connectivity index (χ0) is 10.3. The molecule has 0 spiro atoms. The van der Waals surface area contributed by atoms with Crippen molar-refractivity contribution in [3.8, 4) is 0 Å². The largest absolute Gasteiger partial charge is 0.400 e. The fourth-order valence-electron chi connectivity index (χ4n) is 0.639. The van der Waals surface area contributed by atoms with Crippen LogP contribution in [0.25, 0.3) is 0 Å². The van der Waals surface area contributed by atoms with Gasteiger partial charge >= 0.3 is 6.05 Å². The van der Waals surface area contributed by atoms with Gasteiger partial charge in [0.1, 0.15) is 0 Å². The van der Waals surface area contributed by atoms with Crippen LogP contribution in [-0.4, -0.2) is 33.9 Å². The molecule has 0 aromatic rings. The maximum absolute atomic E-state index is 12.8. The monoisotopic (exact) mass is 202 g/mol. The SMILES string of the molecule is CC(O)(F)C(F)(F)N1CN(F)N=N1. The Hall–Kier alpha value is -1.12. The molecule has 0 aromatic carbocycles. The molecule has 1 aliphatic heterocycles. The van der Waals surface area contributed by atoms with Crippen molar-refractivity contribution in [2.75, 3.05) is 6.67 Å². The van der Waals surface area contributed by atoms with Crippen LogP contribution >= 0.6 is 0 Å². The molecule has 1 unspecified atom stereocenters. The molecule has 0 saturated heterocycles. The molecule has 0 fully saturated rings. The molecule has 9 heteroatoms. The summed E-state index contributed by atoms with van der Waals surface area (Å²) >= 11 is 0. The topological polar surface area (TPSA) is 51.4 Å². The Kier molecular flexibility index (Phi) is 2.06. The lowest BCUT2D eigenvalue weighted by Gasteiger charge is -2.29. The van der Waals surface area contributed by atoms with Crippen molar-refractivity contribution in [2.45, 2.75) is 18.8 Å². The van der Waals surface area contributed by atoms with Gasteiger partial charge in [0.05, 0.1) is 0 Å². The van der Waals surface area contributed by atoms with E-state index in [4.69, 9.17) is 5.11 Å². The van der Waals surface area contributed by atoms with Crippen LogP contribution in [0, 0.1) is 0 Å². The van der Waals surface area contributed by atoms with Crippen LogP contribution in [-0.2, 0) is 0 Å². The number of aliphatic hydroxyl groups is 1. The minimum Gasteiger partial charge on any atom is -0.356 e. The molecule has 1 aliphatic rings. The molecule has 1 atom stereocenters. The van der Waals surface area contributed by atoms with Gasteiger partial charge in [0, 0.05) is 6.92 Å². The third-order valence-electron chi connectivity index (χ3n) is 1.37. The highest BCUT2D eigenvalue weighted by atomic mass is 19.3. The van der Waals surface area contributed by atoms with Gasteiger partial charge in [-0.25, -0.2) is 4.39 Å². The average Bonchev–Trinajstić information content (AvgIpc) is 2.33. The smallest absolute Gasteiger partial charge is 0.356 e. The zero-order valence-electron chi connectivity index (χ0n) is 6.46. The normalized spacial score (nSPS) is 22.3. The Morgan fingerprint density at radius 1 is 1.31 bits per heavy atom. The first kappa shape index (κ1) is 9.96.